The van der Waals surface area contributed by atoms with Gasteiger partial charge in [0.2, 0.25) is 0 Å². The molecule has 2 rings (SSSR count). The Morgan fingerprint density at radius 1 is 1.53 bits per heavy atom. The molecule has 19 heavy (non-hydrogen) atoms. The zero-order valence-corrected chi connectivity index (χ0v) is 11.4. The van der Waals surface area contributed by atoms with Crippen LogP contribution in [0.4, 0.5) is 0 Å². The van der Waals surface area contributed by atoms with Crippen molar-refractivity contribution in [1.82, 2.24) is 9.78 Å². The van der Waals surface area contributed by atoms with E-state index in [2.05, 4.69) is 10.3 Å². The third-order valence-electron chi connectivity index (χ3n) is 2.48. The van der Waals surface area contributed by atoms with Crippen LogP contribution in [0.2, 0.25) is 0 Å². The van der Waals surface area contributed by atoms with Gasteiger partial charge in [0.05, 0.1) is 18.2 Å². The summed E-state index contributed by atoms with van der Waals surface area (Å²) in [5.41, 5.74) is 6.32. The first-order valence-corrected chi connectivity index (χ1v) is 6.28. The lowest BCUT2D eigenvalue weighted by Gasteiger charge is -2.09. The van der Waals surface area contributed by atoms with E-state index in [-0.39, 0.29) is 5.84 Å². The number of rotatable bonds is 4. The fourth-order valence-corrected chi connectivity index (χ4v) is 2.57. The number of aryl methyl sites for hydroxylation is 1. The lowest BCUT2D eigenvalue weighted by molar-refractivity contribution is 0.318. The molecule has 0 aliphatic heterocycles. The van der Waals surface area contributed by atoms with Crippen molar-refractivity contribution >= 4 is 17.6 Å². The zero-order chi connectivity index (χ0) is 13.8. The molecule has 0 aliphatic carbocycles. The summed E-state index contributed by atoms with van der Waals surface area (Å²) >= 11 is 1.47. The van der Waals surface area contributed by atoms with E-state index < -0.39 is 0 Å². The van der Waals surface area contributed by atoms with Crippen LogP contribution in [0.15, 0.2) is 45.5 Å². The van der Waals surface area contributed by atoms with Crippen molar-refractivity contribution in [3.63, 3.8) is 0 Å². The summed E-state index contributed by atoms with van der Waals surface area (Å²) in [6.45, 7) is 0. The Bertz CT molecular complexity index is 610. The van der Waals surface area contributed by atoms with Crippen molar-refractivity contribution in [2.24, 2.45) is 17.9 Å². The van der Waals surface area contributed by atoms with Crippen LogP contribution in [0.3, 0.4) is 0 Å². The van der Waals surface area contributed by atoms with Crippen LogP contribution >= 0.6 is 11.8 Å². The van der Waals surface area contributed by atoms with Gasteiger partial charge in [-0.15, -0.1) is 0 Å². The van der Waals surface area contributed by atoms with E-state index in [9.17, 15) is 0 Å². The highest BCUT2D eigenvalue weighted by Crippen LogP contribution is 2.32. The number of ether oxygens (including phenoxy) is 1. The molecule has 0 saturated heterocycles. The smallest absolute Gasteiger partial charge is 0.171 e. The molecule has 100 valence electrons. The van der Waals surface area contributed by atoms with E-state index in [0.29, 0.717) is 11.3 Å². The molecule has 0 unspecified atom stereocenters. The molecule has 0 amide bonds. The van der Waals surface area contributed by atoms with Crippen LogP contribution in [-0.2, 0) is 7.05 Å². The first kappa shape index (κ1) is 13.3. The van der Waals surface area contributed by atoms with E-state index in [1.807, 2.05) is 19.3 Å². The van der Waals surface area contributed by atoms with Gasteiger partial charge in [-0.05, 0) is 18.2 Å². The van der Waals surface area contributed by atoms with Gasteiger partial charge in [-0.25, -0.2) is 0 Å². The van der Waals surface area contributed by atoms with Gasteiger partial charge >= 0.3 is 0 Å². The van der Waals surface area contributed by atoms with Crippen LogP contribution in [0.5, 0.6) is 5.75 Å². The predicted molar refractivity (Wildman–Crippen MR) is 72.8 cm³/mol. The summed E-state index contributed by atoms with van der Waals surface area (Å²) in [5.74, 6) is 0.773. The van der Waals surface area contributed by atoms with Crippen LogP contribution in [0.25, 0.3) is 0 Å². The molecule has 0 saturated carbocycles. The Morgan fingerprint density at radius 3 is 2.89 bits per heavy atom. The van der Waals surface area contributed by atoms with Crippen molar-refractivity contribution in [2.45, 2.75) is 9.79 Å². The number of nitrogens with two attached hydrogens (primary N) is 1. The molecule has 0 atom stereocenters. The molecule has 1 aromatic carbocycles. The quantitative estimate of drug-likeness (QED) is 0.384. The fraction of sp³-hybridized carbons (Fsp3) is 0.167. The molecule has 2 aromatic rings. The first-order valence-electron chi connectivity index (χ1n) is 5.46. The van der Waals surface area contributed by atoms with Crippen molar-refractivity contribution in [2.75, 3.05) is 7.11 Å². The second-order valence-electron chi connectivity index (χ2n) is 3.80. The molecule has 1 heterocycles. The van der Waals surface area contributed by atoms with Gasteiger partial charge in [-0.3, -0.25) is 4.68 Å². The molecule has 0 fully saturated rings. The number of aromatic nitrogens is 2. The number of hydrogen-bond donors (Lipinski definition) is 2. The number of nitrogens with zero attached hydrogens (tertiary/aromatic N) is 3. The lowest BCUT2D eigenvalue weighted by Crippen LogP contribution is -2.14. The van der Waals surface area contributed by atoms with Crippen LogP contribution in [-0.4, -0.2) is 27.9 Å². The van der Waals surface area contributed by atoms with Crippen LogP contribution < -0.4 is 10.5 Å². The van der Waals surface area contributed by atoms with Crippen molar-refractivity contribution < 1.29 is 9.94 Å². The Morgan fingerprint density at radius 2 is 2.32 bits per heavy atom. The Balaban J connectivity index is 2.40. The standard InChI is InChI=1S/C12H14N4O2S/c1-16-7-9(6-14-16)19-11-5-8(18-2)3-4-10(11)12(13)15-17/h3-7,17H,1-2H3,(H2,13,15). The summed E-state index contributed by atoms with van der Waals surface area (Å²) in [6, 6.07) is 5.36. The molecule has 3 N–H and O–H groups in total. The van der Waals surface area contributed by atoms with E-state index in [1.54, 1.807) is 30.1 Å². The average Bonchev–Trinajstić information content (AvgIpc) is 2.83. The number of methoxy groups -OCH3 is 1. The minimum atomic E-state index is 0.0639. The monoisotopic (exact) mass is 278 g/mol. The number of benzene rings is 1. The van der Waals surface area contributed by atoms with Gasteiger partial charge in [0.25, 0.3) is 0 Å². The molecule has 0 aliphatic rings. The van der Waals surface area contributed by atoms with Gasteiger partial charge in [0.15, 0.2) is 5.84 Å². The van der Waals surface area contributed by atoms with E-state index in [4.69, 9.17) is 15.7 Å². The molecule has 0 spiro atoms. The van der Waals surface area contributed by atoms with Crippen molar-refractivity contribution in [3.05, 3.63) is 36.2 Å². The van der Waals surface area contributed by atoms with Crippen molar-refractivity contribution in [3.8, 4) is 5.75 Å². The lowest BCUT2D eigenvalue weighted by atomic mass is 10.2. The Labute approximate surface area is 114 Å². The molecule has 0 bridgehead atoms. The number of hydrogen-bond acceptors (Lipinski definition) is 5. The third kappa shape index (κ3) is 3.00. The summed E-state index contributed by atoms with van der Waals surface area (Å²) in [4.78, 5) is 1.80. The largest absolute Gasteiger partial charge is 0.497 e. The maximum absolute atomic E-state index is 8.82. The molecule has 1 aromatic heterocycles. The van der Waals surface area contributed by atoms with Gasteiger partial charge in [0, 0.05) is 23.7 Å². The zero-order valence-electron chi connectivity index (χ0n) is 10.6. The number of amidine groups is 1. The van der Waals surface area contributed by atoms with E-state index in [0.717, 1.165) is 9.79 Å². The SMILES string of the molecule is COc1ccc(/C(N)=N/O)c(Sc2cnn(C)c2)c1. The highest BCUT2D eigenvalue weighted by Gasteiger charge is 2.11. The number of oxime groups is 1. The average molecular weight is 278 g/mol. The summed E-state index contributed by atoms with van der Waals surface area (Å²) in [5, 5.41) is 16.0. The van der Waals surface area contributed by atoms with Gasteiger partial charge < -0.3 is 15.7 Å². The summed E-state index contributed by atoms with van der Waals surface area (Å²) in [7, 11) is 3.44. The fourth-order valence-electron chi connectivity index (χ4n) is 1.56. The maximum Gasteiger partial charge on any atom is 0.171 e. The minimum absolute atomic E-state index is 0.0639. The topological polar surface area (TPSA) is 85.7 Å². The Kier molecular flexibility index (Phi) is 3.96. The van der Waals surface area contributed by atoms with Crippen molar-refractivity contribution in [1.29, 1.82) is 0 Å². The van der Waals surface area contributed by atoms with Gasteiger partial charge in [-0.1, -0.05) is 16.9 Å². The Hall–Kier alpha value is -2.15. The second-order valence-corrected chi connectivity index (χ2v) is 4.91. The second kappa shape index (κ2) is 5.66. The maximum atomic E-state index is 8.82. The summed E-state index contributed by atoms with van der Waals surface area (Å²) in [6.07, 6.45) is 3.64. The molecule has 7 heteroatoms. The van der Waals surface area contributed by atoms with E-state index >= 15 is 0 Å². The van der Waals surface area contributed by atoms with Gasteiger partial charge in [-0.2, -0.15) is 5.10 Å². The normalized spacial score (nSPS) is 11.6. The molecule has 6 nitrogen and oxygen atoms in total. The molecular weight excluding hydrogens is 264 g/mol. The van der Waals surface area contributed by atoms with Crippen LogP contribution in [0.1, 0.15) is 5.56 Å². The summed E-state index contributed by atoms with van der Waals surface area (Å²) < 4.78 is 6.90. The van der Waals surface area contributed by atoms with Gasteiger partial charge in [0.1, 0.15) is 5.75 Å². The highest BCUT2D eigenvalue weighted by atomic mass is 32.2. The van der Waals surface area contributed by atoms with E-state index in [1.165, 1.54) is 11.8 Å². The highest BCUT2D eigenvalue weighted by molar-refractivity contribution is 7.99. The first-order chi connectivity index (χ1) is 9.13. The third-order valence-corrected chi connectivity index (χ3v) is 3.49. The minimum Gasteiger partial charge on any atom is -0.497 e. The predicted octanol–water partition coefficient (Wildman–Crippen LogP) is 1.67. The van der Waals surface area contributed by atoms with Crippen LogP contribution in [0, 0.1) is 0 Å². The molecule has 0 radical (unpaired) electrons. The molecular formula is C12H14N4O2S.